The van der Waals surface area contributed by atoms with E-state index in [1.165, 1.54) is 18.4 Å². The van der Waals surface area contributed by atoms with Gasteiger partial charge in [0.05, 0.1) is 0 Å². The third kappa shape index (κ3) is 3.03. The highest BCUT2D eigenvalue weighted by Gasteiger charge is 2.31. The number of nitrogens with two attached hydrogens (primary N) is 1. The summed E-state index contributed by atoms with van der Waals surface area (Å²) < 4.78 is 0. The molecule has 98 valence electrons. The predicted octanol–water partition coefficient (Wildman–Crippen LogP) is 2.77. The number of hydrogen-bond donors (Lipinski definition) is 1. The molecule has 0 bridgehead atoms. The van der Waals surface area contributed by atoms with Gasteiger partial charge in [-0.3, -0.25) is 4.79 Å². The molecular formula is C15H22N2O. The largest absolute Gasteiger partial charge is 0.399 e. The quantitative estimate of drug-likeness (QED) is 0.812. The van der Waals surface area contributed by atoms with E-state index in [0.29, 0.717) is 12.5 Å². The van der Waals surface area contributed by atoms with Crippen molar-refractivity contribution in [2.45, 2.75) is 45.1 Å². The Morgan fingerprint density at radius 2 is 2.00 bits per heavy atom. The third-order valence-corrected chi connectivity index (χ3v) is 3.63. The van der Waals surface area contributed by atoms with Crippen molar-refractivity contribution < 1.29 is 4.79 Å². The number of hydrogen-bond acceptors (Lipinski definition) is 2. The highest BCUT2D eigenvalue weighted by molar-refractivity contribution is 5.77. The van der Waals surface area contributed by atoms with Crippen LogP contribution in [0.5, 0.6) is 0 Å². The van der Waals surface area contributed by atoms with Gasteiger partial charge in [0.1, 0.15) is 0 Å². The number of carbonyl (C=O) groups is 1. The van der Waals surface area contributed by atoms with Gasteiger partial charge in [0.15, 0.2) is 0 Å². The van der Waals surface area contributed by atoms with Crippen LogP contribution in [0.4, 0.5) is 5.69 Å². The number of amides is 1. The molecule has 2 rings (SSSR count). The molecule has 3 nitrogen and oxygen atoms in total. The van der Waals surface area contributed by atoms with E-state index in [2.05, 4.69) is 13.8 Å². The van der Waals surface area contributed by atoms with E-state index in [4.69, 9.17) is 5.73 Å². The van der Waals surface area contributed by atoms with Crippen LogP contribution < -0.4 is 5.73 Å². The van der Waals surface area contributed by atoms with E-state index in [1.807, 2.05) is 29.2 Å². The van der Waals surface area contributed by atoms with Crippen LogP contribution >= 0.6 is 0 Å². The first kappa shape index (κ1) is 12.9. The van der Waals surface area contributed by atoms with E-state index in [-0.39, 0.29) is 11.8 Å². The second-order valence-electron chi connectivity index (χ2n) is 5.18. The molecule has 0 heterocycles. The molecule has 0 saturated heterocycles. The smallest absolute Gasteiger partial charge is 0.223 e. The zero-order valence-corrected chi connectivity index (χ0v) is 11.2. The Morgan fingerprint density at radius 3 is 2.50 bits per heavy atom. The van der Waals surface area contributed by atoms with Gasteiger partial charge in [-0.05, 0) is 43.4 Å². The SMILES string of the molecule is CCN(C(=O)CC(C)c1ccc(N)cc1)C1CC1. The van der Waals surface area contributed by atoms with Crippen LogP contribution in [0.2, 0.25) is 0 Å². The molecule has 2 N–H and O–H groups in total. The van der Waals surface area contributed by atoms with Gasteiger partial charge in [-0.15, -0.1) is 0 Å². The van der Waals surface area contributed by atoms with E-state index >= 15 is 0 Å². The minimum Gasteiger partial charge on any atom is -0.399 e. The van der Waals surface area contributed by atoms with Gasteiger partial charge in [0.2, 0.25) is 5.91 Å². The first-order valence-electron chi connectivity index (χ1n) is 6.76. The van der Waals surface area contributed by atoms with E-state index in [0.717, 1.165) is 12.2 Å². The standard InChI is InChI=1S/C15H22N2O/c1-3-17(14-8-9-14)15(18)10-11(2)12-4-6-13(16)7-5-12/h4-7,11,14H,3,8-10,16H2,1-2H3. The van der Waals surface area contributed by atoms with Gasteiger partial charge in [-0.2, -0.15) is 0 Å². The number of nitrogens with zero attached hydrogens (tertiary/aromatic N) is 1. The Balaban J connectivity index is 1.95. The molecule has 1 amide bonds. The van der Waals surface area contributed by atoms with Gasteiger partial charge in [-0.25, -0.2) is 0 Å². The summed E-state index contributed by atoms with van der Waals surface area (Å²) in [6.45, 7) is 4.99. The Hall–Kier alpha value is -1.51. The molecule has 1 aliphatic rings. The van der Waals surface area contributed by atoms with Crippen LogP contribution in [0.1, 0.15) is 44.6 Å². The normalized spacial score (nSPS) is 16.3. The maximum Gasteiger partial charge on any atom is 0.223 e. The molecular weight excluding hydrogens is 224 g/mol. The van der Waals surface area contributed by atoms with Gasteiger partial charge in [-0.1, -0.05) is 19.1 Å². The van der Waals surface area contributed by atoms with Crippen LogP contribution in [0.25, 0.3) is 0 Å². The molecule has 18 heavy (non-hydrogen) atoms. The maximum atomic E-state index is 12.2. The second-order valence-corrected chi connectivity index (χ2v) is 5.18. The summed E-state index contributed by atoms with van der Waals surface area (Å²) in [5.41, 5.74) is 7.62. The predicted molar refractivity (Wildman–Crippen MR) is 74.3 cm³/mol. The average molecular weight is 246 g/mol. The van der Waals surface area contributed by atoms with Gasteiger partial charge in [0.25, 0.3) is 0 Å². The highest BCUT2D eigenvalue weighted by Crippen LogP contribution is 2.29. The van der Waals surface area contributed by atoms with Crippen LogP contribution in [-0.2, 0) is 4.79 Å². The Kier molecular flexibility index (Phi) is 3.90. The first-order valence-corrected chi connectivity index (χ1v) is 6.76. The molecule has 1 aromatic rings. The zero-order chi connectivity index (χ0) is 13.1. The molecule has 0 spiro atoms. The van der Waals surface area contributed by atoms with Crippen molar-refractivity contribution in [1.29, 1.82) is 0 Å². The monoisotopic (exact) mass is 246 g/mol. The van der Waals surface area contributed by atoms with E-state index in [9.17, 15) is 4.79 Å². The van der Waals surface area contributed by atoms with Crippen molar-refractivity contribution >= 4 is 11.6 Å². The Bertz CT molecular complexity index is 409. The number of benzene rings is 1. The number of nitrogen functional groups attached to an aromatic ring is 1. The fourth-order valence-electron chi connectivity index (χ4n) is 2.35. The fraction of sp³-hybridized carbons (Fsp3) is 0.533. The van der Waals surface area contributed by atoms with E-state index < -0.39 is 0 Å². The van der Waals surface area contributed by atoms with Crippen LogP contribution in [0.15, 0.2) is 24.3 Å². The molecule has 3 heteroatoms. The Labute approximate surface area is 109 Å². The topological polar surface area (TPSA) is 46.3 Å². The molecule has 0 aromatic heterocycles. The first-order chi connectivity index (χ1) is 8.61. The molecule has 0 radical (unpaired) electrons. The molecule has 1 aromatic carbocycles. The summed E-state index contributed by atoms with van der Waals surface area (Å²) in [5, 5.41) is 0. The number of rotatable bonds is 5. The lowest BCUT2D eigenvalue weighted by molar-refractivity contribution is -0.131. The van der Waals surface area contributed by atoms with Gasteiger partial charge >= 0.3 is 0 Å². The van der Waals surface area contributed by atoms with Crippen molar-refractivity contribution in [2.24, 2.45) is 0 Å². The summed E-state index contributed by atoms with van der Waals surface area (Å²) in [6.07, 6.45) is 2.94. The average Bonchev–Trinajstić information content (AvgIpc) is 3.15. The summed E-state index contributed by atoms with van der Waals surface area (Å²) >= 11 is 0. The van der Waals surface area contributed by atoms with Crippen LogP contribution in [0, 0.1) is 0 Å². The zero-order valence-electron chi connectivity index (χ0n) is 11.2. The second kappa shape index (κ2) is 5.42. The van der Waals surface area contributed by atoms with Crippen LogP contribution in [-0.4, -0.2) is 23.4 Å². The Morgan fingerprint density at radius 1 is 1.39 bits per heavy atom. The molecule has 1 saturated carbocycles. The van der Waals surface area contributed by atoms with Crippen molar-refractivity contribution in [3.05, 3.63) is 29.8 Å². The molecule has 1 unspecified atom stereocenters. The molecule has 1 fully saturated rings. The summed E-state index contributed by atoms with van der Waals surface area (Å²) in [4.78, 5) is 14.2. The molecule has 0 aliphatic heterocycles. The lowest BCUT2D eigenvalue weighted by atomic mass is 9.97. The van der Waals surface area contributed by atoms with Crippen molar-refractivity contribution in [3.8, 4) is 0 Å². The highest BCUT2D eigenvalue weighted by atomic mass is 16.2. The van der Waals surface area contributed by atoms with E-state index in [1.54, 1.807) is 0 Å². The van der Waals surface area contributed by atoms with Crippen molar-refractivity contribution in [1.82, 2.24) is 4.90 Å². The van der Waals surface area contributed by atoms with Gasteiger partial charge < -0.3 is 10.6 Å². The summed E-state index contributed by atoms with van der Waals surface area (Å²) in [5.74, 6) is 0.537. The van der Waals surface area contributed by atoms with Crippen molar-refractivity contribution in [2.75, 3.05) is 12.3 Å². The number of anilines is 1. The lowest BCUT2D eigenvalue weighted by Gasteiger charge is -2.22. The minimum absolute atomic E-state index is 0.255. The third-order valence-electron chi connectivity index (χ3n) is 3.63. The lowest BCUT2D eigenvalue weighted by Crippen LogP contribution is -2.33. The van der Waals surface area contributed by atoms with Gasteiger partial charge in [0, 0.05) is 24.7 Å². The molecule has 1 aliphatic carbocycles. The summed E-state index contributed by atoms with van der Waals surface area (Å²) in [6, 6.07) is 8.34. The number of carbonyl (C=O) groups excluding carboxylic acids is 1. The maximum absolute atomic E-state index is 12.2. The minimum atomic E-state index is 0.255. The van der Waals surface area contributed by atoms with Crippen LogP contribution in [0.3, 0.4) is 0 Å². The summed E-state index contributed by atoms with van der Waals surface area (Å²) in [7, 11) is 0. The van der Waals surface area contributed by atoms with Crippen molar-refractivity contribution in [3.63, 3.8) is 0 Å². The molecule has 1 atom stereocenters. The fourth-order valence-corrected chi connectivity index (χ4v) is 2.35.